The van der Waals surface area contributed by atoms with Crippen LogP contribution in [-0.2, 0) is 0 Å². The van der Waals surface area contributed by atoms with Gasteiger partial charge < -0.3 is 10.1 Å². The summed E-state index contributed by atoms with van der Waals surface area (Å²) in [5, 5.41) is 12.1. The van der Waals surface area contributed by atoms with E-state index in [0.717, 1.165) is 25.9 Å². The van der Waals surface area contributed by atoms with Crippen LogP contribution < -0.4 is 10.1 Å². The Balaban J connectivity index is 1.98. The zero-order chi connectivity index (χ0) is 12.6. The van der Waals surface area contributed by atoms with Crippen molar-refractivity contribution in [3.8, 4) is 11.8 Å². The summed E-state index contributed by atoms with van der Waals surface area (Å²) < 4.78 is 6.06. The van der Waals surface area contributed by atoms with E-state index in [2.05, 4.69) is 11.4 Å². The molecule has 1 saturated heterocycles. The molecule has 92 valence electrons. The van der Waals surface area contributed by atoms with E-state index in [1.165, 1.54) is 0 Å². The Morgan fingerprint density at radius 1 is 1.33 bits per heavy atom. The summed E-state index contributed by atoms with van der Waals surface area (Å²) in [5.74, 6) is 0.724. The summed E-state index contributed by atoms with van der Waals surface area (Å²) in [5.41, 5.74) is 0.730. The molecule has 4 nitrogen and oxygen atoms in total. The summed E-state index contributed by atoms with van der Waals surface area (Å²) in [6.45, 7) is 1.78. The number of piperidine rings is 1. The molecule has 0 bridgehead atoms. The molecule has 2 aliphatic heterocycles. The van der Waals surface area contributed by atoms with Crippen LogP contribution in [0.2, 0.25) is 0 Å². The van der Waals surface area contributed by atoms with Crippen molar-refractivity contribution in [3.63, 3.8) is 0 Å². The standard InChI is InChI=1S/C14H14N2O2/c15-9-10-1-2-13-11(7-10)12(17)8-14(18-13)3-5-16-6-4-14/h1-2,7,16H,3-6,8H2. The highest BCUT2D eigenvalue weighted by molar-refractivity contribution is 6.00. The molecule has 1 aromatic carbocycles. The molecule has 2 heterocycles. The number of nitrogens with zero attached hydrogens (tertiary/aromatic N) is 1. The van der Waals surface area contributed by atoms with Gasteiger partial charge in [-0.2, -0.15) is 5.26 Å². The number of hydrogen-bond donors (Lipinski definition) is 1. The van der Waals surface area contributed by atoms with E-state index in [0.29, 0.717) is 23.3 Å². The molecule has 2 aliphatic rings. The third-order valence-electron chi connectivity index (χ3n) is 3.73. The molecule has 1 spiro atoms. The van der Waals surface area contributed by atoms with Crippen molar-refractivity contribution < 1.29 is 9.53 Å². The van der Waals surface area contributed by atoms with Gasteiger partial charge in [-0.1, -0.05) is 0 Å². The fourth-order valence-electron chi connectivity index (χ4n) is 2.72. The van der Waals surface area contributed by atoms with Crippen LogP contribution in [0.4, 0.5) is 0 Å². The van der Waals surface area contributed by atoms with Gasteiger partial charge in [0.1, 0.15) is 11.4 Å². The second kappa shape index (κ2) is 4.11. The minimum atomic E-state index is -0.330. The van der Waals surface area contributed by atoms with Crippen molar-refractivity contribution in [2.45, 2.75) is 24.9 Å². The second-order valence-electron chi connectivity index (χ2n) is 4.96. The predicted octanol–water partition coefficient (Wildman–Crippen LogP) is 1.65. The molecule has 0 aromatic heterocycles. The number of fused-ring (bicyclic) bond motifs is 1. The van der Waals surface area contributed by atoms with Gasteiger partial charge in [-0.25, -0.2) is 0 Å². The Labute approximate surface area is 106 Å². The average Bonchev–Trinajstić information content (AvgIpc) is 2.39. The van der Waals surface area contributed by atoms with Gasteiger partial charge in [0.2, 0.25) is 0 Å². The first-order valence-corrected chi connectivity index (χ1v) is 6.20. The molecular weight excluding hydrogens is 228 g/mol. The van der Waals surface area contributed by atoms with Crippen LogP contribution >= 0.6 is 0 Å². The molecule has 0 aliphatic carbocycles. The van der Waals surface area contributed by atoms with Gasteiger partial charge in [-0.15, -0.1) is 0 Å². The van der Waals surface area contributed by atoms with Crippen LogP contribution in [0.1, 0.15) is 35.2 Å². The largest absolute Gasteiger partial charge is 0.486 e. The Hall–Kier alpha value is -1.86. The minimum Gasteiger partial charge on any atom is -0.486 e. The minimum absolute atomic E-state index is 0.0928. The van der Waals surface area contributed by atoms with E-state index >= 15 is 0 Å². The van der Waals surface area contributed by atoms with Crippen molar-refractivity contribution >= 4 is 5.78 Å². The SMILES string of the molecule is N#Cc1ccc2c(c1)C(=O)CC1(CCNCC1)O2. The zero-order valence-corrected chi connectivity index (χ0v) is 10.0. The molecule has 0 saturated carbocycles. The summed E-state index contributed by atoms with van der Waals surface area (Å²) in [6, 6.07) is 7.13. The van der Waals surface area contributed by atoms with Gasteiger partial charge in [0.15, 0.2) is 5.78 Å². The van der Waals surface area contributed by atoms with E-state index in [9.17, 15) is 4.79 Å². The Morgan fingerprint density at radius 3 is 2.83 bits per heavy atom. The maximum Gasteiger partial charge on any atom is 0.170 e. The molecule has 0 amide bonds. The van der Waals surface area contributed by atoms with Crippen molar-refractivity contribution in [2.24, 2.45) is 0 Å². The molecule has 4 heteroatoms. The zero-order valence-electron chi connectivity index (χ0n) is 10.0. The van der Waals surface area contributed by atoms with Gasteiger partial charge in [-0.3, -0.25) is 4.79 Å². The maximum atomic E-state index is 12.2. The third-order valence-corrected chi connectivity index (χ3v) is 3.73. The van der Waals surface area contributed by atoms with E-state index in [-0.39, 0.29) is 11.4 Å². The maximum absolute atomic E-state index is 12.2. The number of carbonyl (C=O) groups is 1. The molecule has 0 radical (unpaired) electrons. The van der Waals surface area contributed by atoms with Crippen LogP contribution in [0.3, 0.4) is 0 Å². The van der Waals surface area contributed by atoms with Gasteiger partial charge >= 0.3 is 0 Å². The predicted molar refractivity (Wildman–Crippen MR) is 65.6 cm³/mol. The second-order valence-corrected chi connectivity index (χ2v) is 4.96. The molecule has 18 heavy (non-hydrogen) atoms. The normalized spacial score (nSPS) is 20.9. The van der Waals surface area contributed by atoms with Crippen LogP contribution in [0.15, 0.2) is 18.2 Å². The number of hydrogen-bond acceptors (Lipinski definition) is 4. The topological polar surface area (TPSA) is 62.1 Å². The number of nitrogens with one attached hydrogen (secondary N) is 1. The smallest absolute Gasteiger partial charge is 0.170 e. The number of carbonyl (C=O) groups excluding carboxylic acids is 1. The lowest BCUT2D eigenvalue weighted by molar-refractivity contribution is 0.0187. The van der Waals surface area contributed by atoms with Gasteiger partial charge in [-0.05, 0) is 31.3 Å². The van der Waals surface area contributed by atoms with Crippen molar-refractivity contribution in [1.29, 1.82) is 5.26 Å². The number of ether oxygens (including phenoxy) is 1. The van der Waals surface area contributed by atoms with E-state index < -0.39 is 0 Å². The fraction of sp³-hybridized carbons (Fsp3) is 0.429. The summed E-state index contributed by atoms with van der Waals surface area (Å²) in [4.78, 5) is 12.2. The summed E-state index contributed by atoms with van der Waals surface area (Å²) in [6.07, 6.45) is 2.15. The Kier molecular flexibility index (Phi) is 2.57. The van der Waals surface area contributed by atoms with E-state index in [1.807, 2.05) is 0 Å². The average molecular weight is 242 g/mol. The molecule has 0 atom stereocenters. The van der Waals surface area contributed by atoms with Gasteiger partial charge in [0.25, 0.3) is 0 Å². The van der Waals surface area contributed by atoms with Crippen LogP contribution in [0.25, 0.3) is 0 Å². The number of nitriles is 1. The first-order valence-electron chi connectivity index (χ1n) is 6.20. The molecular formula is C14H14N2O2. The highest BCUT2D eigenvalue weighted by Crippen LogP contribution is 2.38. The molecule has 1 aromatic rings. The Bertz CT molecular complexity index is 539. The highest BCUT2D eigenvalue weighted by Gasteiger charge is 2.41. The van der Waals surface area contributed by atoms with Gasteiger partial charge in [0, 0.05) is 12.8 Å². The fourth-order valence-corrected chi connectivity index (χ4v) is 2.72. The summed E-state index contributed by atoms with van der Waals surface area (Å²) >= 11 is 0. The van der Waals surface area contributed by atoms with Crippen molar-refractivity contribution in [1.82, 2.24) is 5.32 Å². The number of ketones is 1. The first-order chi connectivity index (χ1) is 8.72. The summed E-state index contributed by atoms with van der Waals surface area (Å²) in [7, 11) is 0. The molecule has 0 unspecified atom stereocenters. The number of benzene rings is 1. The van der Waals surface area contributed by atoms with E-state index in [1.54, 1.807) is 18.2 Å². The molecule has 1 fully saturated rings. The molecule has 3 rings (SSSR count). The Morgan fingerprint density at radius 2 is 2.11 bits per heavy atom. The highest BCUT2D eigenvalue weighted by atomic mass is 16.5. The van der Waals surface area contributed by atoms with Crippen LogP contribution in [-0.4, -0.2) is 24.5 Å². The lowest BCUT2D eigenvalue weighted by atomic mass is 9.83. The van der Waals surface area contributed by atoms with Crippen LogP contribution in [0, 0.1) is 11.3 Å². The van der Waals surface area contributed by atoms with Crippen molar-refractivity contribution in [2.75, 3.05) is 13.1 Å². The van der Waals surface area contributed by atoms with E-state index in [4.69, 9.17) is 10.00 Å². The lowest BCUT2D eigenvalue weighted by Gasteiger charge is -2.40. The first kappa shape index (κ1) is 11.2. The third kappa shape index (κ3) is 1.77. The number of Topliss-reactive ketones (excluding diaryl/α,β-unsaturated/α-hetero) is 1. The quantitative estimate of drug-likeness (QED) is 0.751. The monoisotopic (exact) mass is 242 g/mol. The van der Waals surface area contributed by atoms with Crippen molar-refractivity contribution in [3.05, 3.63) is 29.3 Å². The number of rotatable bonds is 0. The van der Waals surface area contributed by atoms with Crippen LogP contribution in [0.5, 0.6) is 5.75 Å². The lowest BCUT2D eigenvalue weighted by Crippen LogP contribution is -2.49. The molecule has 1 N–H and O–H groups in total. The van der Waals surface area contributed by atoms with Gasteiger partial charge in [0.05, 0.1) is 23.6 Å².